The second kappa shape index (κ2) is 2.88. The van der Waals surface area contributed by atoms with E-state index in [9.17, 15) is 0 Å². The van der Waals surface area contributed by atoms with Crippen LogP contribution < -0.4 is 11.5 Å². The minimum absolute atomic E-state index is 0.374. The molecule has 4 N–H and O–H groups in total. The number of fused-ring (bicyclic) bond motifs is 1. The molecule has 2 aromatic rings. The van der Waals surface area contributed by atoms with Crippen molar-refractivity contribution in [1.29, 1.82) is 0 Å². The summed E-state index contributed by atoms with van der Waals surface area (Å²) in [5.41, 5.74) is 11.9. The van der Waals surface area contributed by atoms with E-state index in [1.165, 1.54) is 0 Å². The van der Waals surface area contributed by atoms with Gasteiger partial charge in [0.2, 0.25) is 0 Å². The molecule has 1 aromatic heterocycles. The Hall–Kier alpha value is -1.29. The van der Waals surface area contributed by atoms with Gasteiger partial charge in [0.25, 0.3) is 0 Å². The van der Waals surface area contributed by atoms with Crippen molar-refractivity contribution in [2.75, 3.05) is 11.5 Å². The molecule has 0 fully saturated rings. The molecule has 0 spiro atoms. The van der Waals surface area contributed by atoms with Gasteiger partial charge < -0.3 is 11.5 Å². The number of halogens is 1. The maximum atomic E-state index is 5.80. The predicted octanol–water partition coefficient (Wildman–Crippen LogP) is 2.16. The lowest BCUT2D eigenvalue weighted by Gasteiger charge is -2.05. The highest BCUT2D eigenvalue weighted by Gasteiger charge is 2.05. The van der Waals surface area contributed by atoms with E-state index in [4.69, 9.17) is 11.5 Å². The highest BCUT2D eigenvalue weighted by Crippen LogP contribution is 2.30. The largest absolute Gasteiger partial charge is 0.395 e. The number of hydrogen-bond donors (Lipinski definition) is 2. The quantitative estimate of drug-likeness (QED) is 0.739. The predicted molar refractivity (Wildman–Crippen MR) is 58.3 cm³/mol. The summed E-state index contributed by atoms with van der Waals surface area (Å²) in [7, 11) is 0. The molecule has 0 unspecified atom stereocenters. The summed E-state index contributed by atoms with van der Waals surface area (Å²) in [5, 5.41) is 1.91. The maximum Gasteiger partial charge on any atom is 0.147 e. The van der Waals surface area contributed by atoms with Gasteiger partial charge in [0.15, 0.2) is 0 Å². The van der Waals surface area contributed by atoms with Crippen LogP contribution in [0, 0.1) is 0 Å². The zero-order valence-electron chi connectivity index (χ0n) is 6.79. The Bertz CT molecular complexity index is 468. The van der Waals surface area contributed by atoms with E-state index in [-0.39, 0.29) is 0 Å². The lowest BCUT2D eigenvalue weighted by Crippen LogP contribution is -1.98. The van der Waals surface area contributed by atoms with E-state index in [0.29, 0.717) is 11.5 Å². The maximum absolute atomic E-state index is 5.80. The number of nitrogen functional groups attached to an aromatic ring is 2. The number of pyridine rings is 1. The first-order valence-electron chi connectivity index (χ1n) is 3.78. The minimum Gasteiger partial charge on any atom is -0.395 e. The third-order valence-corrected chi connectivity index (χ3v) is 2.59. The molecule has 3 nitrogen and oxygen atoms in total. The van der Waals surface area contributed by atoms with Crippen LogP contribution in [0.4, 0.5) is 11.5 Å². The highest BCUT2D eigenvalue weighted by molar-refractivity contribution is 9.10. The van der Waals surface area contributed by atoms with Crippen LogP contribution in [0.1, 0.15) is 0 Å². The van der Waals surface area contributed by atoms with Crippen LogP contribution >= 0.6 is 15.9 Å². The van der Waals surface area contributed by atoms with Gasteiger partial charge in [-0.1, -0.05) is 28.1 Å². The number of anilines is 2. The third-order valence-electron chi connectivity index (χ3n) is 1.93. The smallest absolute Gasteiger partial charge is 0.147 e. The summed E-state index contributed by atoms with van der Waals surface area (Å²) in [6.07, 6.45) is 1.71. The fourth-order valence-electron chi connectivity index (χ4n) is 1.27. The van der Waals surface area contributed by atoms with Crippen molar-refractivity contribution in [2.24, 2.45) is 0 Å². The second-order valence-corrected chi connectivity index (χ2v) is 3.62. The average molecular weight is 238 g/mol. The monoisotopic (exact) mass is 237 g/mol. The van der Waals surface area contributed by atoms with Crippen LogP contribution in [0.5, 0.6) is 0 Å². The Labute approximate surface area is 83.9 Å². The number of nitrogens with two attached hydrogens (primary N) is 2. The number of benzene rings is 1. The van der Waals surface area contributed by atoms with Gasteiger partial charge in [0, 0.05) is 21.4 Å². The van der Waals surface area contributed by atoms with Gasteiger partial charge in [-0.05, 0) is 6.07 Å². The van der Waals surface area contributed by atoms with Gasteiger partial charge in [-0.15, -0.1) is 0 Å². The third kappa shape index (κ3) is 1.23. The van der Waals surface area contributed by atoms with Gasteiger partial charge in [-0.25, -0.2) is 4.98 Å². The van der Waals surface area contributed by atoms with Gasteiger partial charge in [0.1, 0.15) is 5.82 Å². The Morgan fingerprint density at radius 3 is 2.77 bits per heavy atom. The SMILES string of the molecule is Nc1ncc2cccc(Br)c2c1N. The Kier molecular flexibility index (Phi) is 1.84. The average Bonchev–Trinajstić information content (AvgIpc) is 2.12. The standard InChI is InChI=1S/C9H8BrN3/c10-6-3-1-2-5-4-13-9(12)8(11)7(5)6/h1-4H,11H2,(H2,12,13). The number of nitrogens with zero attached hydrogens (tertiary/aromatic N) is 1. The van der Waals surface area contributed by atoms with Crippen LogP contribution in [0.15, 0.2) is 28.9 Å². The fraction of sp³-hybridized carbons (Fsp3) is 0. The molecule has 1 aromatic carbocycles. The van der Waals surface area contributed by atoms with Gasteiger partial charge >= 0.3 is 0 Å². The zero-order valence-corrected chi connectivity index (χ0v) is 8.38. The molecule has 0 saturated heterocycles. The van der Waals surface area contributed by atoms with Gasteiger partial charge in [-0.2, -0.15) is 0 Å². The van der Waals surface area contributed by atoms with Gasteiger partial charge in [0.05, 0.1) is 5.69 Å². The van der Waals surface area contributed by atoms with Crippen molar-refractivity contribution in [3.8, 4) is 0 Å². The molecule has 1 heterocycles. The summed E-state index contributed by atoms with van der Waals surface area (Å²) in [5.74, 6) is 0.374. The number of hydrogen-bond acceptors (Lipinski definition) is 3. The van der Waals surface area contributed by atoms with Crippen LogP contribution in [0.2, 0.25) is 0 Å². The molecule has 0 aliphatic heterocycles. The zero-order chi connectivity index (χ0) is 9.42. The highest BCUT2D eigenvalue weighted by atomic mass is 79.9. The van der Waals surface area contributed by atoms with Crippen molar-refractivity contribution in [3.63, 3.8) is 0 Å². The molecular formula is C9H8BrN3. The lowest BCUT2D eigenvalue weighted by molar-refractivity contribution is 1.37. The van der Waals surface area contributed by atoms with Crippen molar-refractivity contribution >= 4 is 38.2 Å². The van der Waals surface area contributed by atoms with Crippen molar-refractivity contribution in [2.45, 2.75) is 0 Å². The van der Waals surface area contributed by atoms with E-state index < -0.39 is 0 Å². The molecule has 0 atom stereocenters. The Morgan fingerprint density at radius 2 is 2.00 bits per heavy atom. The molecular weight excluding hydrogens is 230 g/mol. The van der Waals surface area contributed by atoms with Crippen LogP contribution in [0.3, 0.4) is 0 Å². The van der Waals surface area contributed by atoms with E-state index in [2.05, 4.69) is 20.9 Å². The number of rotatable bonds is 0. The summed E-state index contributed by atoms with van der Waals surface area (Å²) < 4.78 is 0.941. The first-order chi connectivity index (χ1) is 6.20. The summed E-state index contributed by atoms with van der Waals surface area (Å²) in [6, 6.07) is 5.81. The summed E-state index contributed by atoms with van der Waals surface area (Å²) >= 11 is 3.42. The van der Waals surface area contributed by atoms with Crippen molar-refractivity contribution in [1.82, 2.24) is 4.98 Å². The van der Waals surface area contributed by atoms with Crippen molar-refractivity contribution in [3.05, 3.63) is 28.9 Å². The van der Waals surface area contributed by atoms with Gasteiger partial charge in [-0.3, -0.25) is 0 Å². The number of aromatic nitrogens is 1. The minimum atomic E-state index is 0.374. The molecule has 66 valence electrons. The van der Waals surface area contributed by atoms with E-state index in [1.807, 2.05) is 18.2 Å². The molecule has 0 saturated carbocycles. The fourth-order valence-corrected chi connectivity index (χ4v) is 1.86. The molecule has 0 bridgehead atoms. The Morgan fingerprint density at radius 1 is 1.23 bits per heavy atom. The van der Waals surface area contributed by atoms with Crippen molar-refractivity contribution < 1.29 is 0 Å². The summed E-state index contributed by atoms with van der Waals surface area (Å²) in [6.45, 7) is 0. The summed E-state index contributed by atoms with van der Waals surface area (Å²) in [4.78, 5) is 3.98. The normalized spacial score (nSPS) is 10.5. The molecule has 2 rings (SSSR count). The molecule has 4 heteroatoms. The first-order valence-corrected chi connectivity index (χ1v) is 4.57. The molecule has 13 heavy (non-hydrogen) atoms. The molecule has 0 amide bonds. The van der Waals surface area contributed by atoms with Crippen LogP contribution in [0.25, 0.3) is 10.8 Å². The van der Waals surface area contributed by atoms with E-state index in [0.717, 1.165) is 15.2 Å². The van der Waals surface area contributed by atoms with Crippen LogP contribution in [-0.2, 0) is 0 Å². The Balaban J connectivity index is 2.97. The molecule has 0 aliphatic rings. The molecule has 0 radical (unpaired) electrons. The topological polar surface area (TPSA) is 64.9 Å². The van der Waals surface area contributed by atoms with Crippen LogP contribution in [-0.4, -0.2) is 4.98 Å². The van der Waals surface area contributed by atoms with E-state index >= 15 is 0 Å². The second-order valence-electron chi connectivity index (χ2n) is 2.76. The molecule has 0 aliphatic carbocycles. The lowest BCUT2D eigenvalue weighted by atomic mass is 10.1. The van der Waals surface area contributed by atoms with E-state index in [1.54, 1.807) is 6.20 Å². The first kappa shape index (κ1) is 8.31.